The van der Waals surface area contributed by atoms with Crippen LogP contribution in [-0.4, -0.2) is 18.2 Å². The number of nitrogens with zero attached hydrogens (tertiary/aromatic N) is 1. The number of amides is 1. The highest BCUT2D eigenvalue weighted by Gasteiger charge is 2.10. The summed E-state index contributed by atoms with van der Waals surface area (Å²) in [6, 6.07) is 7.66. The largest absolute Gasteiger partial charge is 0.340 e. The lowest BCUT2D eigenvalue weighted by Gasteiger charge is -2.02. The number of terminal acetylenes is 1. The topological polar surface area (TPSA) is 53.5 Å². The highest BCUT2D eigenvalue weighted by molar-refractivity contribution is 6.44. The Labute approximate surface area is 99.4 Å². The lowest BCUT2D eigenvalue weighted by Crippen LogP contribution is -2.30. The third-order valence-electron chi connectivity index (χ3n) is 2.26. The fraction of sp³-hybridized carbons (Fsp3) is 0.0769. The summed E-state index contributed by atoms with van der Waals surface area (Å²) in [6.07, 6.45) is 8.56. The first-order valence-electron chi connectivity index (χ1n) is 5.14. The molecule has 0 bridgehead atoms. The Hall–Kier alpha value is -2.54. The summed E-state index contributed by atoms with van der Waals surface area (Å²) in [7, 11) is 0. The molecule has 0 atom stereocenters. The van der Waals surface area contributed by atoms with Gasteiger partial charge in [0.1, 0.15) is 5.71 Å². The number of nitrogens with one attached hydrogen (secondary N) is 2. The minimum Gasteiger partial charge on any atom is -0.340 e. The number of hydrogen-bond donors (Lipinski definition) is 2. The molecular weight excluding hydrogens is 214 g/mol. The summed E-state index contributed by atoms with van der Waals surface area (Å²) in [5.74, 6) is 2.05. The number of hydrazone groups is 1. The number of rotatable bonds is 2. The summed E-state index contributed by atoms with van der Waals surface area (Å²) in [5, 5.41) is 6.58. The Morgan fingerprint density at radius 1 is 1.41 bits per heavy atom. The van der Waals surface area contributed by atoms with E-state index < -0.39 is 0 Å². The van der Waals surface area contributed by atoms with Crippen LogP contribution in [0.25, 0.3) is 6.08 Å². The second kappa shape index (κ2) is 4.99. The van der Waals surface area contributed by atoms with E-state index in [-0.39, 0.29) is 12.5 Å². The standard InChI is InChI=1S/C13H11N3O/c1-2-9-14-13(17)12-8-7-10-5-3-4-6-11(10)15-16-12/h1,3-8,15H,9H2,(H,14,17). The van der Waals surface area contributed by atoms with Crippen LogP contribution < -0.4 is 10.7 Å². The zero-order valence-electron chi connectivity index (χ0n) is 9.10. The predicted octanol–water partition coefficient (Wildman–Crippen LogP) is 1.23. The van der Waals surface area contributed by atoms with E-state index in [0.29, 0.717) is 5.71 Å². The second-order valence-electron chi connectivity index (χ2n) is 3.42. The van der Waals surface area contributed by atoms with Crippen molar-refractivity contribution in [3.05, 3.63) is 35.9 Å². The van der Waals surface area contributed by atoms with Crippen molar-refractivity contribution < 1.29 is 4.79 Å². The molecule has 17 heavy (non-hydrogen) atoms. The quantitative estimate of drug-likeness (QED) is 0.744. The normalized spacial score (nSPS) is 12.5. The average Bonchev–Trinajstić information content (AvgIpc) is 2.58. The van der Waals surface area contributed by atoms with Crippen LogP contribution in [0, 0.1) is 12.3 Å². The molecule has 1 aliphatic rings. The molecule has 2 N–H and O–H groups in total. The van der Waals surface area contributed by atoms with Crippen LogP contribution in [0.15, 0.2) is 35.4 Å². The van der Waals surface area contributed by atoms with E-state index >= 15 is 0 Å². The number of para-hydroxylation sites is 1. The van der Waals surface area contributed by atoms with E-state index in [4.69, 9.17) is 6.42 Å². The smallest absolute Gasteiger partial charge is 0.272 e. The van der Waals surface area contributed by atoms with Gasteiger partial charge in [-0.2, -0.15) is 5.10 Å². The van der Waals surface area contributed by atoms with Crippen molar-refractivity contribution in [2.45, 2.75) is 0 Å². The van der Waals surface area contributed by atoms with Crippen molar-refractivity contribution in [3.63, 3.8) is 0 Å². The Balaban J connectivity index is 2.18. The number of fused-ring (bicyclic) bond motifs is 1. The molecule has 0 fully saturated rings. The molecule has 1 heterocycles. The molecule has 2 rings (SSSR count). The number of carbonyl (C=O) groups is 1. The summed E-state index contributed by atoms with van der Waals surface area (Å²) in [5.41, 5.74) is 4.99. The van der Waals surface area contributed by atoms with Crippen LogP contribution in [0.1, 0.15) is 5.56 Å². The van der Waals surface area contributed by atoms with Crippen molar-refractivity contribution in [1.82, 2.24) is 5.32 Å². The third kappa shape index (κ3) is 2.52. The maximum atomic E-state index is 11.6. The average molecular weight is 225 g/mol. The van der Waals surface area contributed by atoms with E-state index in [9.17, 15) is 4.79 Å². The molecule has 0 spiro atoms. The maximum absolute atomic E-state index is 11.6. The van der Waals surface area contributed by atoms with Crippen molar-refractivity contribution >= 4 is 23.4 Å². The van der Waals surface area contributed by atoms with Gasteiger partial charge in [0.25, 0.3) is 5.91 Å². The molecule has 0 radical (unpaired) electrons. The first-order chi connectivity index (χ1) is 8.31. The van der Waals surface area contributed by atoms with Crippen LogP contribution in [0.4, 0.5) is 5.69 Å². The molecule has 1 amide bonds. The van der Waals surface area contributed by atoms with E-state index in [1.165, 1.54) is 0 Å². The molecule has 1 aromatic carbocycles. The maximum Gasteiger partial charge on any atom is 0.272 e. The van der Waals surface area contributed by atoms with Gasteiger partial charge in [-0.3, -0.25) is 10.2 Å². The lowest BCUT2D eigenvalue weighted by molar-refractivity contribution is -0.114. The number of carbonyl (C=O) groups excluding carboxylic acids is 1. The minimum absolute atomic E-state index is 0.193. The lowest BCUT2D eigenvalue weighted by atomic mass is 10.1. The zero-order valence-corrected chi connectivity index (χ0v) is 9.10. The van der Waals surface area contributed by atoms with Gasteiger partial charge in [0.2, 0.25) is 0 Å². The van der Waals surface area contributed by atoms with Crippen LogP contribution >= 0.6 is 0 Å². The van der Waals surface area contributed by atoms with Gasteiger partial charge >= 0.3 is 0 Å². The van der Waals surface area contributed by atoms with Crippen molar-refractivity contribution in [1.29, 1.82) is 0 Å². The molecule has 1 aliphatic heterocycles. The molecule has 1 aromatic rings. The highest BCUT2D eigenvalue weighted by atomic mass is 16.1. The van der Waals surface area contributed by atoms with Crippen molar-refractivity contribution in [2.75, 3.05) is 12.0 Å². The summed E-state index contributed by atoms with van der Waals surface area (Å²) >= 11 is 0. The summed E-state index contributed by atoms with van der Waals surface area (Å²) < 4.78 is 0. The van der Waals surface area contributed by atoms with Gasteiger partial charge in [-0.15, -0.1) is 6.42 Å². The van der Waals surface area contributed by atoms with E-state index in [1.807, 2.05) is 30.3 Å². The minimum atomic E-state index is -0.292. The first kappa shape index (κ1) is 11.0. The zero-order chi connectivity index (χ0) is 12.1. The second-order valence-corrected chi connectivity index (χ2v) is 3.42. The molecule has 0 unspecified atom stereocenters. The Bertz CT molecular complexity index is 538. The Morgan fingerprint density at radius 3 is 3.06 bits per heavy atom. The van der Waals surface area contributed by atoms with E-state index in [1.54, 1.807) is 6.08 Å². The SMILES string of the molecule is C#CCNC(=O)C1=NNc2ccccc2C=C1. The monoisotopic (exact) mass is 225 g/mol. The fourth-order valence-corrected chi connectivity index (χ4v) is 1.42. The molecule has 0 aliphatic carbocycles. The van der Waals surface area contributed by atoms with Crippen molar-refractivity contribution in [3.8, 4) is 12.3 Å². The summed E-state index contributed by atoms with van der Waals surface area (Å²) in [4.78, 5) is 11.6. The van der Waals surface area contributed by atoms with Crippen LogP contribution in [0.5, 0.6) is 0 Å². The molecule has 4 heteroatoms. The van der Waals surface area contributed by atoms with Gasteiger partial charge in [-0.1, -0.05) is 30.2 Å². The van der Waals surface area contributed by atoms with Gasteiger partial charge in [-0.05, 0) is 17.7 Å². The molecular formula is C13H11N3O. The van der Waals surface area contributed by atoms with E-state index in [0.717, 1.165) is 11.3 Å². The molecule has 0 saturated carbocycles. The van der Waals surface area contributed by atoms with Gasteiger partial charge in [-0.25, -0.2) is 0 Å². The molecule has 0 aromatic heterocycles. The van der Waals surface area contributed by atoms with Gasteiger partial charge in [0.05, 0.1) is 12.2 Å². The van der Waals surface area contributed by atoms with Crippen LogP contribution in [0.2, 0.25) is 0 Å². The van der Waals surface area contributed by atoms with Gasteiger partial charge in [0.15, 0.2) is 0 Å². The number of anilines is 1. The molecule has 84 valence electrons. The van der Waals surface area contributed by atoms with Gasteiger partial charge in [0, 0.05) is 0 Å². The van der Waals surface area contributed by atoms with E-state index in [2.05, 4.69) is 21.8 Å². The highest BCUT2D eigenvalue weighted by Crippen LogP contribution is 2.18. The van der Waals surface area contributed by atoms with Crippen molar-refractivity contribution in [2.24, 2.45) is 5.10 Å². The Kier molecular flexibility index (Phi) is 3.22. The number of hydrogen-bond acceptors (Lipinski definition) is 3. The molecule has 4 nitrogen and oxygen atoms in total. The van der Waals surface area contributed by atoms with Crippen LogP contribution in [0.3, 0.4) is 0 Å². The first-order valence-corrected chi connectivity index (χ1v) is 5.14. The van der Waals surface area contributed by atoms with Crippen LogP contribution in [-0.2, 0) is 4.79 Å². The third-order valence-corrected chi connectivity index (χ3v) is 2.26. The summed E-state index contributed by atoms with van der Waals surface area (Å²) in [6.45, 7) is 0.193. The molecule has 0 saturated heterocycles. The Morgan fingerprint density at radius 2 is 2.24 bits per heavy atom. The number of benzene rings is 1. The van der Waals surface area contributed by atoms with Gasteiger partial charge < -0.3 is 5.32 Å². The fourth-order valence-electron chi connectivity index (χ4n) is 1.42. The predicted molar refractivity (Wildman–Crippen MR) is 68.4 cm³/mol.